The number of hydrogen-bond acceptors (Lipinski definition) is 3. The topological polar surface area (TPSA) is 44.5 Å². The van der Waals surface area contributed by atoms with Gasteiger partial charge in [0, 0.05) is 11.5 Å². The van der Waals surface area contributed by atoms with Crippen LogP contribution in [0, 0.1) is 19.8 Å². The first-order valence-electron chi connectivity index (χ1n) is 6.13. The molecule has 1 saturated heterocycles. The Balaban J connectivity index is 2.31. The van der Waals surface area contributed by atoms with Gasteiger partial charge in [0.25, 0.3) is 0 Å². The molecule has 3 nitrogen and oxygen atoms in total. The van der Waals surface area contributed by atoms with Crippen molar-refractivity contribution in [3.63, 3.8) is 0 Å². The molecular weight excluding hydrogens is 214 g/mol. The summed E-state index contributed by atoms with van der Waals surface area (Å²) in [6, 6.07) is 6.25. The Morgan fingerprint density at radius 3 is 2.41 bits per heavy atom. The first kappa shape index (κ1) is 12.6. The molecule has 0 atom stereocenters. The summed E-state index contributed by atoms with van der Waals surface area (Å²) in [5, 5.41) is 0. The van der Waals surface area contributed by atoms with E-state index in [1.807, 2.05) is 6.07 Å². The van der Waals surface area contributed by atoms with E-state index in [1.54, 1.807) is 0 Å². The summed E-state index contributed by atoms with van der Waals surface area (Å²) in [5.74, 6) is -0.313. The van der Waals surface area contributed by atoms with Gasteiger partial charge < -0.3 is 15.2 Å². The Labute approximate surface area is 103 Å². The van der Waals surface area contributed by atoms with Crippen molar-refractivity contribution in [3.8, 4) is 0 Å². The zero-order valence-electron chi connectivity index (χ0n) is 10.8. The van der Waals surface area contributed by atoms with E-state index in [0.717, 1.165) is 5.56 Å². The highest BCUT2D eigenvalue weighted by Crippen LogP contribution is 2.32. The summed E-state index contributed by atoms with van der Waals surface area (Å²) in [7, 11) is 0. The molecule has 1 aliphatic rings. The number of aryl methyl sites for hydroxylation is 2. The second-order valence-corrected chi connectivity index (χ2v) is 4.98. The molecule has 0 bridgehead atoms. The van der Waals surface area contributed by atoms with Gasteiger partial charge in [0.2, 0.25) is 5.79 Å². The second-order valence-electron chi connectivity index (χ2n) is 4.98. The minimum absolute atomic E-state index is 0.349. The van der Waals surface area contributed by atoms with Crippen LogP contribution in [0.4, 0.5) is 0 Å². The maximum atomic E-state index is 5.86. The van der Waals surface area contributed by atoms with E-state index in [-0.39, 0.29) is 0 Å². The summed E-state index contributed by atoms with van der Waals surface area (Å²) in [4.78, 5) is 0. The maximum Gasteiger partial charge on any atom is 0.207 e. The molecule has 2 rings (SSSR count). The smallest absolute Gasteiger partial charge is 0.207 e. The molecule has 2 N–H and O–H groups in total. The van der Waals surface area contributed by atoms with Gasteiger partial charge >= 0.3 is 0 Å². The minimum atomic E-state index is -0.745. The highest BCUT2D eigenvalue weighted by Gasteiger charge is 2.37. The first-order valence-corrected chi connectivity index (χ1v) is 6.13. The number of rotatable bonds is 2. The van der Waals surface area contributed by atoms with Crippen LogP contribution in [0.25, 0.3) is 0 Å². The van der Waals surface area contributed by atoms with Crippen LogP contribution in [0.2, 0.25) is 0 Å². The molecule has 0 unspecified atom stereocenters. The quantitative estimate of drug-likeness (QED) is 0.853. The van der Waals surface area contributed by atoms with Crippen LogP contribution in [-0.2, 0) is 15.3 Å². The van der Waals surface area contributed by atoms with E-state index in [0.29, 0.717) is 25.7 Å². The minimum Gasteiger partial charge on any atom is -0.344 e. The van der Waals surface area contributed by atoms with E-state index < -0.39 is 5.79 Å². The van der Waals surface area contributed by atoms with Gasteiger partial charge in [-0.25, -0.2) is 0 Å². The summed E-state index contributed by atoms with van der Waals surface area (Å²) >= 11 is 0. The molecule has 0 radical (unpaired) electrons. The van der Waals surface area contributed by atoms with Crippen LogP contribution in [0.1, 0.15) is 23.6 Å². The summed E-state index contributed by atoms with van der Waals surface area (Å²) in [5.41, 5.74) is 9.38. The Hall–Kier alpha value is -0.900. The molecule has 3 heteroatoms. The van der Waals surface area contributed by atoms with E-state index in [9.17, 15) is 0 Å². The zero-order chi connectivity index (χ0) is 12.5. The Bertz CT molecular complexity index is 395. The van der Waals surface area contributed by atoms with Crippen LogP contribution >= 0.6 is 0 Å². The van der Waals surface area contributed by atoms with Crippen LogP contribution < -0.4 is 5.73 Å². The fraction of sp³-hybridized carbons (Fsp3) is 0.571. The molecule has 0 amide bonds. The van der Waals surface area contributed by atoms with Crippen molar-refractivity contribution in [2.24, 2.45) is 11.7 Å². The molecule has 0 aromatic heterocycles. The average Bonchev–Trinajstić information content (AvgIpc) is 2.34. The number of benzene rings is 1. The van der Waals surface area contributed by atoms with Crippen molar-refractivity contribution in [1.29, 1.82) is 0 Å². The van der Waals surface area contributed by atoms with Crippen molar-refractivity contribution in [2.75, 3.05) is 19.8 Å². The predicted octanol–water partition coefficient (Wildman–Crippen LogP) is 2.10. The molecule has 1 aromatic carbocycles. The van der Waals surface area contributed by atoms with Crippen LogP contribution in [0.5, 0.6) is 0 Å². The van der Waals surface area contributed by atoms with Gasteiger partial charge in [0.05, 0.1) is 19.8 Å². The van der Waals surface area contributed by atoms with E-state index in [1.165, 1.54) is 11.1 Å². The van der Waals surface area contributed by atoms with Gasteiger partial charge in [-0.05, 0) is 25.0 Å². The van der Waals surface area contributed by atoms with Crippen LogP contribution in [-0.4, -0.2) is 19.8 Å². The molecule has 1 aromatic rings. The molecular formula is C14H21NO2. The largest absolute Gasteiger partial charge is 0.344 e. The van der Waals surface area contributed by atoms with Crippen LogP contribution in [0.15, 0.2) is 18.2 Å². The fourth-order valence-corrected chi connectivity index (χ4v) is 2.02. The lowest BCUT2D eigenvalue weighted by molar-refractivity contribution is -0.284. The van der Waals surface area contributed by atoms with Crippen molar-refractivity contribution >= 4 is 0 Å². The highest BCUT2D eigenvalue weighted by molar-refractivity contribution is 5.32. The van der Waals surface area contributed by atoms with Gasteiger partial charge in [0.15, 0.2) is 0 Å². The Kier molecular flexibility index (Phi) is 3.52. The molecule has 0 spiro atoms. The lowest BCUT2D eigenvalue weighted by Crippen LogP contribution is -2.46. The summed E-state index contributed by atoms with van der Waals surface area (Å²) < 4.78 is 11.7. The first-order chi connectivity index (χ1) is 8.07. The zero-order valence-corrected chi connectivity index (χ0v) is 10.8. The van der Waals surface area contributed by atoms with Crippen LogP contribution in [0.3, 0.4) is 0 Å². The van der Waals surface area contributed by atoms with Crippen molar-refractivity contribution < 1.29 is 9.47 Å². The third kappa shape index (κ3) is 2.37. The number of nitrogens with two attached hydrogens (primary N) is 1. The molecule has 1 aliphatic heterocycles. The summed E-state index contributed by atoms with van der Waals surface area (Å²) in [6.07, 6.45) is 0. The number of hydrogen-bond donors (Lipinski definition) is 1. The molecule has 17 heavy (non-hydrogen) atoms. The lowest BCUT2D eigenvalue weighted by atomic mass is 9.99. The van der Waals surface area contributed by atoms with E-state index in [4.69, 9.17) is 15.2 Å². The molecule has 1 fully saturated rings. The maximum absolute atomic E-state index is 5.86. The summed E-state index contributed by atoms with van der Waals surface area (Å²) in [6.45, 7) is 8.05. The molecule has 0 saturated carbocycles. The molecule has 0 aliphatic carbocycles. The Morgan fingerprint density at radius 1 is 1.24 bits per heavy atom. The SMILES string of the molecule is Cc1ccc(C2(CN)OCC(C)CO2)cc1C. The molecule has 1 heterocycles. The van der Waals surface area contributed by atoms with Crippen molar-refractivity contribution in [3.05, 3.63) is 34.9 Å². The van der Waals surface area contributed by atoms with Gasteiger partial charge in [0.1, 0.15) is 0 Å². The van der Waals surface area contributed by atoms with Gasteiger partial charge in [-0.2, -0.15) is 0 Å². The normalized spacial score (nSPS) is 29.3. The standard InChI is InChI=1S/C14H21NO2/c1-10-7-16-14(9-15,17-8-10)13-5-4-11(2)12(3)6-13/h4-6,10H,7-9,15H2,1-3H3. The van der Waals surface area contributed by atoms with Gasteiger partial charge in [-0.3, -0.25) is 0 Å². The molecule has 94 valence electrons. The second kappa shape index (κ2) is 4.77. The highest BCUT2D eigenvalue weighted by atomic mass is 16.7. The lowest BCUT2D eigenvalue weighted by Gasteiger charge is -2.39. The van der Waals surface area contributed by atoms with Crippen molar-refractivity contribution in [1.82, 2.24) is 0 Å². The predicted molar refractivity (Wildman–Crippen MR) is 67.7 cm³/mol. The third-order valence-electron chi connectivity index (χ3n) is 3.42. The third-order valence-corrected chi connectivity index (χ3v) is 3.42. The number of ether oxygens (including phenoxy) is 2. The van der Waals surface area contributed by atoms with E-state index >= 15 is 0 Å². The van der Waals surface area contributed by atoms with E-state index in [2.05, 4.69) is 32.9 Å². The monoisotopic (exact) mass is 235 g/mol. The van der Waals surface area contributed by atoms with Gasteiger partial charge in [-0.15, -0.1) is 0 Å². The van der Waals surface area contributed by atoms with Gasteiger partial charge in [-0.1, -0.05) is 25.1 Å². The fourth-order valence-electron chi connectivity index (χ4n) is 2.02. The van der Waals surface area contributed by atoms with Crippen molar-refractivity contribution in [2.45, 2.75) is 26.6 Å². The Morgan fingerprint density at radius 2 is 1.88 bits per heavy atom. The average molecular weight is 235 g/mol.